The zero-order valence-corrected chi connectivity index (χ0v) is 16.5. The monoisotopic (exact) mass is 398 g/mol. The van der Waals surface area contributed by atoms with Gasteiger partial charge < -0.3 is 10.0 Å². The van der Waals surface area contributed by atoms with Crippen LogP contribution in [-0.4, -0.2) is 83.2 Å². The number of rotatable bonds is 8. The fourth-order valence-electron chi connectivity index (χ4n) is 2.99. The number of aromatic carboxylic acids is 1. The maximum Gasteiger partial charge on any atom is 0.354 e. The minimum atomic E-state index is -3.54. The number of carbonyl (C=O) groups excluding carboxylic acids is 1. The number of carboxylic acid groups (broad SMARTS) is 1. The molecule has 150 valence electrons. The van der Waals surface area contributed by atoms with E-state index in [1.807, 2.05) is 13.8 Å². The normalized spacial score (nSPS) is 15.9. The molecule has 0 atom stereocenters. The number of carbonyl (C=O) groups is 2. The Morgan fingerprint density at radius 2 is 1.74 bits per heavy atom. The summed E-state index contributed by atoms with van der Waals surface area (Å²) in [5, 5.41) is 9.00. The second-order valence-electron chi connectivity index (χ2n) is 6.33. The molecule has 2 rings (SSSR count). The van der Waals surface area contributed by atoms with Crippen molar-refractivity contribution >= 4 is 22.1 Å². The van der Waals surface area contributed by atoms with Crippen molar-refractivity contribution < 1.29 is 23.1 Å². The van der Waals surface area contributed by atoms with Crippen LogP contribution in [0, 0.1) is 0 Å². The molecule has 0 aromatic carbocycles. The topological polar surface area (TPSA) is 111 Å². The molecule has 1 saturated heterocycles. The molecule has 0 aliphatic carbocycles. The number of piperazine rings is 1. The van der Waals surface area contributed by atoms with Gasteiger partial charge in [0.25, 0.3) is 16.1 Å². The predicted octanol–water partition coefficient (Wildman–Crippen LogP) is 0.904. The summed E-state index contributed by atoms with van der Waals surface area (Å²) in [6.45, 7) is 5.78. The van der Waals surface area contributed by atoms with Gasteiger partial charge in [-0.15, -0.1) is 0 Å². The van der Waals surface area contributed by atoms with Crippen molar-refractivity contribution in [3.05, 3.63) is 29.6 Å². The first kappa shape index (κ1) is 21.3. The Balaban J connectivity index is 2.05. The van der Waals surface area contributed by atoms with Crippen molar-refractivity contribution in [3.63, 3.8) is 0 Å². The zero-order chi connectivity index (χ0) is 20.0. The van der Waals surface area contributed by atoms with Gasteiger partial charge in [-0.2, -0.15) is 17.0 Å². The lowest BCUT2D eigenvalue weighted by atomic mass is 10.2. The molecule has 27 heavy (non-hydrogen) atoms. The first-order valence-electron chi connectivity index (χ1n) is 9.05. The minimum Gasteiger partial charge on any atom is -0.477 e. The summed E-state index contributed by atoms with van der Waals surface area (Å²) >= 11 is 0. The molecule has 1 aliphatic rings. The van der Waals surface area contributed by atoms with Gasteiger partial charge in [-0.05, 0) is 25.0 Å². The fraction of sp³-hybridized carbons (Fsp3) is 0.588. The molecule has 1 aromatic rings. The van der Waals surface area contributed by atoms with E-state index >= 15 is 0 Å². The van der Waals surface area contributed by atoms with Crippen LogP contribution in [0.2, 0.25) is 0 Å². The lowest BCUT2D eigenvalue weighted by molar-refractivity contribution is 0.0689. The van der Waals surface area contributed by atoms with Gasteiger partial charge in [0.05, 0.1) is 0 Å². The smallest absolute Gasteiger partial charge is 0.354 e. The Morgan fingerprint density at radius 3 is 2.26 bits per heavy atom. The predicted molar refractivity (Wildman–Crippen MR) is 99.7 cm³/mol. The van der Waals surface area contributed by atoms with E-state index in [1.165, 1.54) is 31.8 Å². The number of nitrogens with zero attached hydrogens (tertiary/aromatic N) is 4. The Hall–Kier alpha value is -2.04. The number of amides is 1. The molecule has 1 amide bonds. The lowest BCUT2D eigenvalue weighted by Crippen LogP contribution is -2.54. The second-order valence-corrected chi connectivity index (χ2v) is 8.26. The first-order valence-corrected chi connectivity index (χ1v) is 10.4. The van der Waals surface area contributed by atoms with Crippen molar-refractivity contribution in [1.29, 1.82) is 0 Å². The lowest BCUT2D eigenvalue weighted by Gasteiger charge is -2.36. The SMILES string of the molecule is CCCN(CCC)S(=O)(=O)N1CCN(C(=O)c2ccnc(C(=O)O)c2)CC1. The molecular weight excluding hydrogens is 372 g/mol. The highest BCUT2D eigenvalue weighted by atomic mass is 32.2. The number of pyridine rings is 1. The van der Waals surface area contributed by atoms with Crippen molar-refractivity contribution in [3.8, 4) is 0 Å². The number of hydrogen-bond donors (Lipinski definition) is 1. The van der Waals surface area contributed by atoms with Crippen LogP contribution in [0.25, 0.3) is 0 Å². The summed E-state index contributed by atoms with van der Waals surface area (Å²) in [6.07, 6.45) is 2.77. The molecule has 1 aliphatic heterocycles. The summed E-state index contributed by atoms with van der Waals surface area (Å²) in [5.74, 6) is -1.52. The van der Waals surface area contributed by atoms with Gasteiger partial charge in [0, 0.05) is 51.0 Å². The number of carboxylic acids is 1. The van der Waals surface area contributed by atoms with Gasteiger partial charge in [0.15, 0.2) is 0 Å². The Labute approximate surface area is 159 Å². The Bertz CT molecular complexity index is 769. The highest BCUT2D eigenvalue weighted by Crippen LogP contribution is 2.15. The molecule has 0 saturated carbocycles. The molecule has 1 N–H and O–H groups in total. The van der Waals surface area contributed by atoms with Crippen LogP contribution in [0.4, 0.5) is 0 Å². The number of aromatic nitrogens is 1. The molecule has 1 aromatic heterocycles. The van der Waals surface area contributed by atoms with E-state index in [2.05, 4.69) is 4.98 Å². The van der Waals surface area contributed by atoms with Crippen molar-refractivity contribution in [2.24, 2.45) is 0 Å². The summed E-state index contributed by atoms with van der Waals surface area (Å²) in [7, 11) is -3.54. The van der Waals surface area contributed by atoms with E-state index < -0.39 is 16.2 Å². The maximum atomic E-state index is 12.8. The van der Waals surface area contributed by atoms with E-state index in [0.29, 0.717) is 13.1 Å². The van der Waals surface area contributed by atoms with Gasteiger partial charge in [-0.25, -0.2) is 9.78 Å². The van der Waals surface area contributed by atoms with Crippen LogP contribution in [-0.2, 0) is 10.2 Å². The minimum absolute atomic E-state index is 0.197. The second kappa shape index (κ2) is 9.25. The zero-order valence-electron chi connectivity index (χ0n) is 15.7. The van der Waals surface area contributed by atoms with Gasteiger partial charge in [-0.3, -0.25) is 4.79 Å². The van der Waals surface area contributed by atoms with Crippen LogP contribution in [0.15, 0.2) is 18.3 Å². The number of hydrogen-bond acceptors (Lipinski definition) is 5. The molecular formula is C17H26N4O5S. The van der Waals surface area contributed by atoms with Crippen LogP contribution in [0.3, 0.4) is 0 Å². The largest absolute Gasteiger partial charge is 0.477 e. The first-order chi connectivity index (χ1) is 12.8. The molecule has 0 radical (unpaired) electrons. The third kappa shape index (κ3) is 5.02. The summed E-state index contributed by atoms with van der Waals surface area (Å²) in [4.78, 5) is 28.8. The van der Waals surface area contributed by atoms with E-state index in [-0.39, 0.29) is 43.3 Å². The van der Waals surface area contributed by atoms with Crippen molar-refractivity contribution in [1.82, 2.24) is 18.5 Å². The quantitative estimate of drug-likeness (QED) is 0.697. The van der Waals surface area contributed by atoms with Gasteiger partial charge in [0.2, 0.25) is 0 Å². The third-order valence-corrected chi connectivity index (χ3v) is 6.39. The molecule has 0 unspecified atom stereocenters. The van der Waals surface area contributed by atoms with E-state index in [1.54, 1.807) is 0 Å². The van der Waals surface area contributed by atoms with Crippen molar-refractivity contribution in [2.45, 2.75) is 26.7 Å². The van der Waals surface area contributed by atoms with E-state index in [9.17, 15) is 18.0 Å². The highest BCUT2D eigenvalue weighted by Gasteiger charge is 2.33. The summed E-state index contributed by atoms with van der Waals surface area (Å²) in [5.41, 5.74) is 0.0362. The molecule has 1 fully saturated rings. The highest BCUT2D eigenvalue weighted by molar-refractivity contribution is 7.86. The average molecular weight is 398 g/mol. The van der Waals surface area contributed by atoms with Crippen LogP contribution in [0.5, 0.6) is 0 Å². The fourth-order valence-corrected chi connectivity index (χ4v) is 4.77. The van der Waals surface area contributed by atoms with Gasteiger partial charge in [-0.1, -0.05) is 13.8 Å². The van der Waals surface area contributed by atoms with Crippen LogP contribution < -0.4 is 0 Å². The molecule has 0 spiro atoms. The Morgan fingerprint density at radius 1 is 1.15 bits per heavy atom. The maximum absolute atomic E-state index is 12.8. The molecule has 9 nitrogen and oxygen atoms in total. The summed E-state index contributed by atoms with van der Waals surface area (Å²) in [6, 6.07) is 2.69. The van der Waals surface area contributed by atoms with Crippen molar-refractivity contribution in [2.75, 3.05) is 39.3 Å². The van der Waals surface area contributed by atoms with Gasteiger partial charge >= 0.3 is 5.97 Å². The van der Waals surface area contributed by atoms with E-state index in [0.717, 1.165) is 12.8 Å². The van der Waals surface area contributed by atoms with E-state index in [4.69, 9.17) is 5.11 Å². The summed E-state index contributed by atoms with van der Waals surface area (Å²) < 4.78 is 28.5. The third-order valence-electron chi connectivity index (χ3n) is 4.35. The van der Waals surface area contributed by atoms with Crippen LogP contribution >= 0.6 is 0 Å². The Kier molecular flexibility index (Phi) is 7.28. The van der Waals surface area contributed by atoms with Gasteiger partial charge in [0.1, 0.15) is 5.69 Å². The van der Waals surface area contributed by atoms with Crippen LogP contribution in [0.1, 0.15) is 47.5 Å². The molecule has 10 heteroatoms. The molecule has 2 heterocycles. The molecule has 0 bridgehead atoms. The average Bonchev–Trinajstić information content (AvgIpc) is 2.67. The standard InChI is InChI=1S/C17H26N4O5S/c1-3-7-20(8-4-2)27(25,26)21-11-9-19(10-12-21)16(22)14-5-6-18-15(13-14)17(23)24/h5-6,13H,3-4,7-12H2,1-2H3,(H,23,24).